The Balaban J connectivity index is 2.29. The number of guanidine groups is 1. The molecule has 5 N–H and O–H groups in total. The Morgan fingerprint density at radius 1 is 1.46 bits per heavy atom. The second kappa shape index (κ2) is 8.39. The topological polar surface area (TPSA) is 114 Å². The number of nitrogens with zero attached hydrogens (tertiary/aromatic N) is 2. The molecule has 0 spiro atoms. The van der Waals surface area contributed by atoms with Crippen molar-refractivity contribution >= 4 is 39.4 Å². The lowest BCUT2D eigenvalue weighted by Gasteiger charge is -2.34. The van der Waals surface area contributed by atoms with Gasteiger partial charge in [-0.3, -0.25) is 14.5 Å². The van der Waals surface area contributed by atoms with Gasteiger partial charge in [0.25, 0.3) is 5.91 Å². The van der Waals surface area contributed by atoms with Crippen LogP contribution in [0.4, 0.5) is 10.1 Å². The number of carbonyl (C=O) groups is 2. The zero-order chi connectivity index (χ0) is 21.1. The molecule has 0 saturated carbocycles. The SMILES string of the molecule is C=C(/C=C\C(Br)=C/N)C(=O)Nc1ccc(F)c(C2(C)CC(=O)N(C)C(N)=N2)c1. The normalized spacial score (nSPS) is 20.3. The van der Waals surface area contributed by atoms with Gasteiger partial charge in [-0.25, -0.2) is 9.38 Å². The van der Waals surface area contributed by atoms with Gasteiger partial charge in [-0.2, -0.15) is 0 Å². The van der Waals surface area contributed by atoms with E-state index in [1.165, 1.54) is 42.4 Å². The van der Waals surface area contributed by atoms with E-state index in [4.69, 9.17) is 11.5 Å². The Bertz CT molecular complexity index is 925. The zero-order valence-electron chi connectivity index (χ0n) is 15.5. The Labute approximate surface area is 170 Å². The molecule has 1 aromatic rings. The van der Waals surface area contributed by atoms with Crippen molar-refractivity contribution in [1.82, 2.24) is 4.90 Å². The Morgan fingerprint density at radius 3 is 2.75 bits per heavy atom. The number of allylic oxidation sites excluding steroid dienone is 2. The van der Waals surface area contributed by atoms with E-state index >= 15 is 0 Å². The fourth-order valence-corrected chi connectivity index (χ4v) is 2.73. The number of carbonyl (C=O) groups excluding carboxylic acids is 2. The molecule has 9 heteroatoms. The van der Waals surface area contributed by atoms with E-state index in [1.54, 1.807) is 13.0 Å². The van der Waals surface area contributed by atoms with Crippen molar-refractivity contribution in [3.8, 4) is 0 Å². The van der Waals surface area contributed by atoms with Crippen molar-refractivity contribution in [3.05, 3.63) is 64.6 Å². The summed E-state index contributed by atoms with van der Waals surface area (Å²) in [6, 6.07) is 4.06. The van der Waals surface area contributed by atoms with Gasteiger partial charge in [0, 0.05) is 34.6 Å². The molecule has 28 heavy (non-hydrogen) atoms. The van der Waals surface area contributed by atoms with E-state index in [1.807, 2.05) is 0 Å². The second-order valence-electron chi connectivity index (χ2n) is 6.43. The summed E-state index contributed by atoms with van der Waals surface area (Å²) in [7, 11) is 1.51. The number of nitrogens with one attached hydrogen (secondary N) is 1. The number of amides is 2. The van der Waals surface area contributed by atoms with Crippen molar-refractivity contribution in [2.24, 2.45) is 16.5 Å². The van der Waals surface area contributed by atoms with E-state index in [0.717, 1.165) is 0 Å². The van der Waals surface area contributed by atoms with Crippen LogP contribution in [0, 0.1) is 5.82 Å². The number of aliphatic imine (C=N–C) groups is 1. The minimum absolute atomic E-state index is 0.00430. The lowest BCUT2D eigenvalue weighted by molar-refractivity contribution is -0.128. The minimum atomic E-state index is -1.17. The lowest BCUT2D eigenvalue weighted by Crippen LogP contribution is -2.47. The van der Waals surface area contributed by atoms with E-state index in [-0.39, 0.29) is 29.4 Å². The minimum Gasteiger partial charge on any atom is -0.404 e. The molecule has 1 aliphatic rings. The van der Waals surface area contributed by atoms with Crippen LogP contribution in [0.2, 0.25) is 0 Å². The highest BCUT2D eigenvalue weighted by Crippen LogP contribution is 2.35. The Kier molecular flexibility index (Phi) is 6.40. The fourth-order valence-electron chi connectivity index (χ4n) is 2.60. The molecule has 1 heterocycles. The average Bonchev–Trinajstić information content (AvgIpc) is 2.65. The molecule has 1 atom stereocenters. The maximum Gasteiger partial charge on any atom is 0.255 e. The van der Waals surface area contributed by atoms with E-state index < -0.39 is 17.3 Å². The van der Waals surface area contributed by atoms with Gasteiger partial charge in [0.1, 0.15) is 5.82 Å². The molecule has 0 aromatic heterocycles. The molecule has 0 bridgehead atoms. The molecule has 1 unspecified atom stereocenters. The smallest absolute Gasteiger partial charge is 0.255 e. The molecular formula is C19H21BrFN5O2. The summed E-state index contributed by atoms with van der Waals surface area (Å²) < 4.78 is 15.1. The van der Waals surface area contributed by atoms with Gasteiger partial charge in [-0.1, -0.05) is 6.58 Å². The van der Waals surface area contributed by atoms with Gasteiger partial charge in [0.05, 0.1) is 12.0 Å². The Hall–Kier alpha value is -2.94. The molecule has 148 valence electrons. The zero-order valence-corrected chi connectivity index (χ0v) is 17.1. The molecule has 0 radical (unpaired) electrons. The summed E-state index contributed by atoms with van der Waals surface area (Å²) in [6.07, 6.45) is 4.33. The summed E-state index contributed by atoms with van der Waals surface area (Å²) in [5.41, 5.74) is 10.6. The summed E-state index contributed by atoms with van der Waals surface area (Å²) in [6.45, 7) is 5.30. The maximum absolute atomic E-state index is 14.5. The van der Waals surface area contributed by atoms with Crippen LogP contribution in [0.25, 0.3) is 0 Å². The summed E-state index contributed by atoms with van der Waals surface area (Å²) >= 11 is 3.18. The number of halogens is 2. The van der Waals surface area contributed by atoms with Crippen LogP contribution in [0.1, 0.15) is 18.9 Å². The number of hydrogen-bond donors (Lipinski definition) is 3. The molecule has 2 amide bonds. The standard InChI is InChI=1S/C19H21BrFN5O2/c1-11(4-5-12(20)10-22)17(28)24-13-6-7-15(21)14(8-13)19(2)9-16(27)26(3)18(23)25-19/h4-8,10H,1,9,22H2,2-3H3,(H2,23,25)(H,24,28)/b5-4-,12-10+. The van der Waals surface area contributed by atoms with Gasteiger partial charge in [-0.15, -0.1) is 0 Å². The summed E-state index contributed by atoms with van der Waals surface area (Å²) in [4.78, 5) is 29.9. The molecule has 0 aliphatic carbocycles. The monoisotopic (exact) mass is 449 g/mol. The largest absolute Gasteiger partial charge is 0.404 e. The third-order valence-corrected chi connectivity index (χ3v) is 4.80. The van der Waals surface area contributed by atoms with E-state index in [9.17, 15) is 14.0 Å². The van der Waals surface area contributed by atoms with Crippen molar-refractivity contribution in [3.63, 3.8) is 0 Å². The Morgan fingerprint density at radius 2 is 2.14 bits per heavy atom. The predicted octanol–water partition coefficient (Wildman–Crippen LogP) is 2.46. The van der Waals surface area contributed by atoms with Crippen LogP contribution < -0.4 is 16.8 Å². The highest BCUT2D eigenvalue weighted by atomic mass is 79.9. The lowest BCUT2D eigenvalue weighted by atomic mass is 9.87. The van der Waals surface area contributed by atoms with Crippen LogP contribution >= 0.6 is 15.9 Å². The number of benzene rings is 1. The van der Waals surface area contributed by atoms with Gasteiger partial charge < -0.3 is 16.8 Å². The van der Waals surface area contributed by atoms with E-state index in [0.29, 0.717) is 10.2 Å². The third kappa shape index (κ3) is 4.66. The molecule has 0 fully saturated rings. The number of rotatable bonds is 5. The summed E-state index contributed by atoms with van der Waals surface area (Å²) in [5, 5.41) is 2.64. The molecule has 1 aromatic carbocycles. The molecule has 1 aliphatic heterocycles. The van der Waals surface area contributed by atoms with Crippen LogP contribution in [0.5, 0.6) is 0 Å². The van der Waals surface area contributed by atoms with Crippen LogP contribution in [0.3, 0.4) is 0 Å². The quantitative estimate of drug-likeness (QED) is 0.473. The first-order valence-electron chi connectivity index (χ1n) is 8.25. The average molecular weight is 450 g/mol. The summed E-state index contributed by atoms with van der Waals surface area (Å²) in [5.74, 6) is -1.30. The van der Waals surface area contributed by atoms with Crippen LogP contribution in [-0.4, -0.2) is 29.7 Å². The van der Waals surface area contributed by atoms with Crippen molar-refractivity contribution in [2.45, 2.75) is 18.9 Å². The molecule has 2 rings (SSSR count). The van der Waals surface area contributed by atoms with Crippen LogP contribution in [-0.2, 0) is 15.1 Å². The van der Waals surface area contributed by atoms with Crippen LogP contribution in [0.15, 0.2) is 58.2 Å². The fraction of sp³-hybridized carbons (Fsp3) is 0.211. The molecular weight excluding hydrogens is 429 g/mol. The van der Waals surface area contributed by atoms with Gasteiger partial charge in [0.15, 0.2) is 5.96 Å². The molecule has 7 nitrogen and oxygen atoms in total. The van der Waals surface area contributed by atoms with Crippen molar-refractivity contribution < 1.29 is 14.0 Å². The highest BCUT2D eigenvalue weighted by molar-refractivity contribution is 9.11. The maximum atomic E-state index is 14.5. The number of anilines is 1. The number of hydrogen-bond acceptors (Lipinski definition) is 5. The highest BCUT2D eigenvalue weighted by Gasteiger charge is 2.38. The third-order valence-electron chi connectivity index (χ3n) is 4.27. The van der Waals surface area contributed by atoms with Crippen molar-refractivity contribution in [2.75, 3.05) is 12.4 Å². The van der Waals surface area contributed by atoms with Gasteiger partial charge >= 0.3 is 0 Å². The first-order chi connectivity index (χ1) is 13.1. The first kappa shape index (κ1) is 21.4. The predicted molar refractivity (Wildman–Crippen MR) is 111 cm³/mol. The van der Waals surface area contributed by atoms with E-state index in [2.05, 4.69) is 32.8 Å². The van der Waals surface area contributed by atoms with Crippen molar-refractivity contribution in [1.29, 1.82) is 0 Å². The first-order valence-corrected chi connectivity index (χ1v) is 9.04. The van der Waals surface area contributed by atoms with Gasteiger partial charge in [-0.05, 0) is 53.2 Å². The second-order valence-corrected chi connectivity index (χ2v) is 7.35. The van der Waals surface area contributed by atoms with Gasteiger partial charge in [0.2, 0.25) is 5.91 Å². The molecule has 0 saturated heterocycles. The number of nitrogens with two attached hydrogens (primary N) is 2.